The van der Waals surface area contributed by atoms with Gasteiger partial charge in [-0.25, -0.2) is 0 Å². The molecule has 0 aliphatic rings. The first-order valence-electron chi connectivity index (χ1n) is 29.6. The topological polar surface area (TPSA) is 78.9 Å². The largest absolute Gasteiger partial charge is 0.462 e. The lowest BCUT2D eigenvalue weighted by atomic mass is 10.0. The Labute approximate surface area is 422 Å². The molecule has 0 radical (unpaired) electrons. The van der Waals surface area contributed by atoms with Gasteiger partial charge in [0.1, 0.15) is 13.2 Å². The quantitative estimate of drug-likeness (QED) is 0.0262. The second-order valence-electron chi connectivity index (χ2n) is 19.9. The SMILES string of the molecule is CC/C=C\C/C=C\C/C=C\C/C=C\CCCCCCCCCCC(=O)OCC(COC(=O)CCCCCCCCCCCCC)OC(=O)CCCCCCCCCCCCCCCCCCCC. The van der Waals surface area contributed by atoms with Crippen LogP contribution in [-0.4, -0.2) is 37.2 Å². The molecule has 0 aromatic carbocycles. The summed E-state index contributed by atoms with van der Waals surface area (Å²) in [7, 11) is 0. The van der Waals surface area contributed by atoms with E-state index in [0.717, 1.165) is 89.9 Å². The predicted molar refractivity (Wildman–Crippen MR) is 293 cm³/mol. The zero-order valence-corrected chi connectivity index (χ0v) is 45.4. The summed E-state index contributed by atoms with van der Waals surface area (Å²) in [6, 6.07) is 0. The van der Waals surface area contributed by atoms with Crippen LogP contribution in [0.4, 0.5) is 0 Å². The van der Waals surface area contributed by atoms with Crippen LogP contribution in [0, 0.1) is 0 Å². The Kier molecular flexibility index (Phi) is 54.8. The maximum atomic E-state index is 12.9. The summed E-state index contributed by atoms with van der Waals surface area (Å²) in [5, 5.41) is 0. The average molecular weight is 954 g/mol. The Bertz CT molecular complexity index is 1190. The molecule has 1 atom stereocenters. The number of carbonyl (C=O) groups excluding carboxylic acids is 3. The van der Waals surface area contributed by atoms with Crippen molar-refractivity contribution in [2.45, 2.75) is 316 Å². The molecule has 68 heavy (non-hydrogen) atoms. The van der Waals surface area contributed by atoms with Gasteiger partial charge in [-0.2, -0.15) is 0 Å². The molecular formula is C62H112O6. The van der Waals surface area contributed by atoms with E-state index in [1.165, 1.54) is 180 Å². The fraction of sp³-hybridized carbons (Fsp3) is 0.823. The standard InChI is InChI=1S/C62H112O6/c1-4-7-10-13-16-19-22-24-26-28-30-31-32-34-35-37-40-43-46-49-52-55-61(64)67-58-59(57-66-60(63)54-51-48-45-42-39-21-18-15-12-9-6-3)68-62(65)56-53-50-47-44-41-38-36-33-29-27-25-23-20-17-14-11-8-5-2/h7,10,16,19,24,26,30-31,59H,4-6,8-9,11-15,17-18,20-23,25,27-29,32-58H2,1-3H3/b10-7-,19-16-,26-24-,31-30-. The van der Waals surface area contributed by atoms with Gasteiger partial charge in [0, 0.05) is 19.3 Å². The van der Waals surface area contributed by atoms with E-state index in [0.29, 0.717) is 19.3 Å². The number of ether oxygens (including phenoxy) is 3. The third-order valence-electron chi connectivity index (χ3n) is 13.1. The van der Waals surface area contributed by atoms with E-state index in [4.69, 9.17) is 14.2 Å². The van der Waals surface area contributed by atoms with Gasteiger partial charge in [0.05, 0.1) is 0 Å². The lowest BCUT2D eigenvalue weighted by Crippen LogP contribution is -2.30. The fourth-order valence-corrected chi connectivity index (χ4v) is 8.67. The molecule has 0 N–H and O–H groups in total. The van der Waals surface area contributed by atoms with Crippen molar-refractivity contribution in [3.8, 4) is 0 Å². The molecule has 0 spiro atoms. The van der Waals surface area contributed by atoms with Crippen LogP contribution in [0.3, 0.4) is 0 Å². The van der Waals surface area contributed by atoms with Gasteiger partial charge in [-0.05, 0) is 57.8 Å². The molecule has 0 aromatic heterocycles. The molecule has 0 aliphatic carbocycles. The molecule has 0 heterocycles. The predicted octanol–water partition coefficient (Wildman–Crippen LogP) is 19.8. The summed E-state index contributed by atoms with van der Waals surface area (Å²) in [6.45, 7) is 6.56. The van der Waals surface area contributed by atoms with E-state index in [2.05, 4.69) is 69.4 Å². The minimum absolute atomic E-state index is 0.0710. The van der Waals surface area contributed by atoms with Crippen LogP contribution in [0.15, 0.2) is 48.6 Å². The number of hydrogen-bond donors (Lipinski definition) is 0. The van der Waals surface area contributed by atoms with Gasteiger partial charge in [-0.3, -0.25) is 14.4 Å². The van der Waals surface area contributed by atoms with Crippen molar-refractivity contribution in [2.75, 3.05) is 13.2 Å². The third kappa shape index (κ3) is 54.3. The Morgan fingerprint density at radius 2 is 0.574 bits per heavy atom. The molecule has 1 unspecified atom stereocenters. The molecular weight excluding hydrogens is 841 g/mol. The zero-order chi connectivity index (χ0) is 49.3. The average Bonchev–Trinajstić information content (AvgIpc) is 3.34. The van der Waals surface area contributed by atoms with E-state index >= 15 is 0 Å². The van der Waals surface area contributed by atoms with Gasteiger partial charge in [-0.1, -0.05) is 281 Å². The molecule has 0 aliphatic heterocycles. The number of esters is 3. The number of rotatable bonds is 54. The second kappa shape index (κ2) is 57.0. The number of allylic oxidation sites excluding steroid dienone is 8. The van der Waals surface area contributed by atoms with E-state index in [1.807, 2.05) is 0 Å². The number of hydrogen-bond acceptors (Lipinski definition) is 6. The zero-order valence-electron chi connectivity index (χ0n) is 45.4. The first-order chi connectivity index (χ1) is 33.5. The van der Waals surface area contributed by atoms with Crippen LogP contribution in [-0.2, 0) is 28.6 Å². The van der Waals surface area contributed by atoms with Crippen molar-refractivity contribution < 1.29 is 28.6 Å². The fourth-order valence-electron chi connectivity index (χ4n) is 8.67. The molecule has 0 saturated carbocycles. The Morgan fingerprint density at radius 3 is 0.897 bits per heavy atom. The first-order valence-corrected chi connectivity index (χ1v) is 29.6. The molecule has 0 amide bonds. The third-order valence-corrected chi connectivity index (χ3v) is 13.1. The van der Waals surface area contributed by atoms with Gasteiger partial charge >= 0.3 is 17.9 Å². The minimum atomic E-state index is -0.772. The number of unbranched alkanes of at least 4 members (excludes halogenated alkanes) is 35. The van der Waals surface area contributed by atoms with Crippen LogP contribution < -0.4 is 0 Å². The van der Waals surface area contributed by atoms with E-state index in [1.54, 1.807) is 0 Å². The van der Waals surface area contributed by atoms with Crippen molar-refractivity contribution in [3.63, 3.8) is 0 Å². The van der Waals surface area contributed by atoms with Crippen LogP contribution in [0.2, 0.25) is 0 Å². The van der Waals surface area contributed by atoms with Crippen molar-refractivity contribution in [1.29, 1.82) is 0 Å². The maximum absolute atomic E-state index is 12.9. The van der Waals surface area contributed by atoms with Crippen molar-refractivity contribution in [1.82, 2.24) is 0 Å². The highest BCUT2D eigenvalue weighted by atomic mass is 16.6. The molecule has 0 fully saturated rings. The molecule has 0 saturated heterocycles. The van der Waals surface area contributed by atoms with Crippen LogP contribution >= 0.6 is 0 Å². The monoisotopic (exact) mass is 953 g/mol. The summed E-state index contributed by atoms with van der Waals surface area (Å²) in [5.41, 5.74) is 0. The first kappa shape index (κ1) is 65.4. The lowest BCUT2D eigenvalue weighted by molar-refractivity contribution is -0.167. The molecule has 396 valence electrons. The molecule has 0 rings (SSSR count). The number of carbonyl (C=O) groups is 3. The highest BCUT2D eigenvalue weighted by Gasteiger charge is 2.19. The van der Waals surface area contributed by atoms with Crippen LogP contribution in [0.25, 0.3) is 0 Å². The van der Waals surface area contributed by atoms with Crippen molar-refractivity contribution >= 4 is 17.9 Å². The molecule has 0 aromatic rings. The van der Waals surface area contributed by atoms with Crippen molar-refractivity contribution in [2.24, 2.45) is 0 Å². The molecule has 6 nitrogen and oxygen atoms in total. The van der Waals surface area contributed by atoms with Gasteiger partial charge in [0.15, 0.2) is 6.10 Å². The van der Waals surface area contributed by atoms with Crippen LogP contribution in [0.5, 0.6) is 0 Å². The second-order valence-corrected chi connectivity index (χ2v) is 19.9. The van der Waals surface area contributed by atoms with E-state index in [9.17, 15) is 14.4 Å². The Balaban J connectivity index is 4.29. The van der Waals surface area contributed by atoms with Gasteiger partial charge in [-0.15, -0.1) is 0 Å². The minimum Gasteiger partial charge on any atom is -0.462 e. The Morgan fingerprint density at radius 1 is 0.309 bits per heavy atom. The maximum Gasteiger partial charge on any atom is 0.306 e. The smallest absolute Gasteiger partial charge is 0.306 e. The lowest BCUT2D eigenvalue weighted by Gasteiger charge is -2.18. The molecule has 0 bridgehead atoms. The highest BCUT2D eigenvalue weighted by molar-refractivity contribution is 5.71. The van der Waals surface area contributed by atoms with Crippen LogP contribution in [0.1, 0.15) is 310 Å². The van der Waals surface area contributed by atoms with E-state index in [-0.39, 0.29) is 31.1 Å². The Hall–Kier alpha value is -2.63. The van der Waals surface area contributed by atoms with Gasteiger partial charge in [0.25, 0.3) is 0 Å². The summed E-state index contributed by atoms with van der Waals surface area (Å²) >= 11 is 0. The summed E-state index contributed by atoms with van der Waals surface area (Å²) < 4.78 is 16.9. The molecule has 6 heteroatoms. The summed E-state index contributed by atoms with van der Waals surface area (Å²) in [6.07, 6.45) is 69.6. The summed E-state index contributed by atoms with van der Waals surface area (Å²) in [4.78, 5) is 38.1. The van der Waals surface area contributed by atoms with Crippen molar-refractivity contribution in [3.05, 3.63) is 48.6 Å². The van der Waals surface area contributed by atoms with E-state index < -0.39 is 6.10 Å². The normalized spacial score (nSPS) is 12.3. The van der Waals surface area contributed by atoms with Gasteiger partial charge < -0.3 is 14.2 Å². The highest BCUT2D eigenvalue weighted by Crippen LogP contribution is 2.17. The summed E-state index contributed by atoms with van der Waals surface area (Å²) in [5.74, 6) is -0.862. The van der Waals surface area contributed by atoms with Gasteiger partial charge in [0.2, 0.25) is 0 Å².